The van der Waals surface area contributed by atoms with E-state index in [-0.39, 0.29) is 29.2 Å². The molecule has 3 amide bonds. The van der Waals surface area contributed by atoms with Crippen LogP contribution in [0.25, 0.3) is 0 Å². The van der Waals surface area contributed by atoms with E-state index < -0.39 is 11.8 Å². The first-order valence-corrected chi connectivity index (χ1v) is 10.7. The van der Waals surface area contributed by atoms with Crippen LogP contribution in [0.15, 0.2) is 52.7 Å². The van der Waals surface area contributed by atoms with Crippen molar-refractivity contribution in [2.24, 2.45) is 0 Å². The highest BCUT2D eigenvalue weighted by atomic mass is 32.1. The first-order valence-electron chi connectivity index (χ1n) is 9.87. The molecule has 31 heavy (non-hydrogen) atoms. The van der Waals surface area contributed by atoms with Crippen LogP contribution in [-0.2, 0) is 11.2 Å². The van der Waals surface area contributed by atoms with E-state index in [1.807, 2.05) is 22.4 Å². The third-order valence-electron chi connectivity index (χ3n) is 4.98. The number of thiophene rings is 1. The fourth-order valence-electron chi connectivity index (χ4n) is 3.37. The van der Waals surface area contributed by atoms with Crippen LogP contribution in [0.1, 0.15) is 38.8 Å². The van der Waals surface area contributed by atoms with Gasteiger partial charge in [-0.2, -0.15) is 0 Å². The predicted octanol–water partition coefficient (Wildman–Crippen LogP) is 2.35. The molecule has 0 aromatic carbocycles. The minimum absolute atomic E-state index is 0.0265. The molecule has 10 heteroatoms. The van der Waals surface area contributed by atoms with Gasteiger partial charge in [0, 0.05) is 36.4 Å². The van der Waals surface area contributed by atoms with E-state index in [1.165, 1.54) is 24.7 Å². The Morgan fingerprint density at radius 1 is 1.10 bits per heavy atom. The standard InChI is InChI=1S/C21H21N5O4S/c27-17(13-15-3-2-12-31-15)26-9-5-14(6-10-26)24-21(29)18-19(23-8-7-22-18)25-20(28)16-4-1-11-30-16/h1-4,7-8,11-12,14H,5-6,9-10,13H2,(H,24,29)(H,23,25,28). The number of nitrogens with one attached hydrogen (secondary N) is 2. The number of furan rings is 1. The Kier molecular flexibility index (Phi) is 6.37. The Balaban J connectivity index is 1.32. The Hall–Kier alpha value is -3.53. The third kappa shape index (κ3) is 5.15. The number of carbonyl (C=O) groups excluding carboxylic acids is 3. The second-order valence-corrected chi connectivity index (χ2v) is 8.10. The average Bonchev–Trinajstić information content (AvgIpc) is 3.49. The summed E-state index contributed by atoms with van der Waals surface area (Å²) in [6.45, 7) is 1.16. The molecule has 2 N–H and O–H groups in total. The van der Waals surface area contributed by atoms with Gasteiger partial charge in [-0.3, -0.25) is 14.4 Å². The highest BCUT2D eigenvalue weighted by Gasteiger charge is 2.26. The molecular weight excluding hydrogens is 418 g/mol. The van der Waals surface area contributed by atoms with Gasteiger partial charge in [0.1, 0.15) is 0 Å². The quantitative estimate of drug-likeness (QED) is 0.609. The van der Waals surface area contributed by atoms with Crippen molar-refractivity contribution in [3.8, 4) is 0 Å². The Bertz CT molecular complexity index is 1040. The van der Waals surface area contributed by atoms with E-state index >= 15 is 0 Å². The van der Waals surface area contributed by atoms with Crippen LogP contribution < -0.4 is 10.6 Å². The summed E-state index contributed by atoms with van der Waals surface area (Å²) < 4.78 is 5.06. The minimum Gasteiger partial charge on any atom is -0.459 e. The molecule has 1 fully saturated rings. The number of hydrogen-bond donors (Lipinski definition) is 2. The number of anilines is 1. The zero-order valence-electron chi connectivity index (χ0n) is 16.6. The molecule has 0 radical (unpaired) electrons. The van der Waals surface area contributed by atoms with Crippen LogP contribution in [0.5, 0.6) is 0 Å². The van der Waals surface area contributed by atoms with Crippen LogP contribution in [0.2, 0.25) is 0 Å². The molecule has 0 atom stereocenters. The van der Waals surface area contributed by atoms with Gasteiger partial charge >= 0.3 is 0 Å². The lowest BCUT2D eigenvalue weighted by atomic mass is 10.0. The SMILES string of the molecule is O=C(Nc1nccnc1C(=O)NC1CCN(C(=O)Cc2cccs2)CC1)c1ccco1. The molecule has 160 valence electrons. The van der Waals surface area contributed by atoms with Gasteiger partial charge in [-0.15, -0.1) is 11.3 Å². The van der Waals surface area contributed by atoms with E-state index in [2.05, 4.69) is 20.6 Å². The fourth-order valence-corrected chi connectivity index (χ4v) is 4.07. The molecule has 9 nitrogen and oxygen atoms in total. The zero-order chi connectivity index (χ0) is 21.6. The molecule has 4 heterocycles. The molecule has 0 unspecified atom stereocenters. The number of aromatic nitrogens is 2. The van der Waals surface area contributed by atoms with Crippen molar-refractivity contribution < 1.29 is 18.8 Å². The third-order valence-corrected chi connectivity index (χ3v) is 5.86. The number of likely N-dealkylation sites (tertiary alicyclic amines) is 1. The van der Waals surface area contributed by atoms with Crippen LogP contribution in [0, 0.1) is 0 Å². The molecule has 0 spiro atoms. The van der Waals surface area contributed by atoms with Crippen molar-refractivity contribution in [2.45, 2.75) is 25.3 Å². The van der Waals surface area contributed by atoms with Gasteiger partial charge in [-0.25, -0.2) is 9.97 Å². The summed E-state index contributed by atoms with van der Waals surface area (Å²) in [7, 11) is 0. The van der Waals surface area contributed by atoms with Crippen LogP contribution in [0.4, 0.5) is 5.82 Å². The van der Waals surface area contributed by atoms with Gasteiger partial charge in [0.2, 0.25) is 5.91 Å². The van der Waals surface area contributed by atoms with E-state index in [4.69, 9.17) is 4.42 Å². The van der Waals surface area contributed by atoms with Gasteiger partial charge in [0.05, 0.1) is 12.7 Å². The monoisotopic (exact) mass is 439 g/mol. The number of rotatable bonds is 6. The van der Waals surface area contributed by atoms with Crippen molar-refractivity contribution in [1.82, 2.24) is 20.2 Å². The van der Waals surface area contributed by atoms with Gasteiger partial charge in [-0.1, -0.05) is 6.07 Å². The van der Waals surface area contributed by atoms with Crippen molar-refractivity contribution in [3.05, 3.63) is 64.6 Å². The number of nitrogens with zero attached hydrogens (tertiary/aromatic N) is 3. The minimum atomic E-state index is -0.517. The Morgan fingerprint density at radius 3 is 2.61 bits per heavy atom. The summed E-state index contributed by atoms with van der Waals surface area (Å²) in [6, 6.07) is 6.91. The lowest BCUT2D eigenvalue weighted by Crippen LogP contribution is -2.47. The maximum absolute atomic E-state index is 12.8. The second-order valence-electron chi connectivity index (χ2n) is 7.07. The summed E-state index contributed by atoms with van der Waals surface area (Å²) in [4.78, 5) is 48.4. The summed E-state index contributed by atoms with van der Waals surface area (Å²) in [5.41, 5.74) is 0.0265. The van der Waals surface area contributed by atoms with E-state index in [9.17, 15) is 14.4 Å². The second kappa shape index (κ2) is 9.52. The topological polar surface area (TPSA) is 117 Å². The summed E-state index contributed by atoms with van der Waals surface area (Å²) >= 11 is 1.57. The number of amides is 3. The van der Waals surface area contributed by atoms with Gasteiger partial charge in [-0.05, 0) is 36.4 Å². The number of carbonyl (C=O) groups is 3. The molecule has 4 rings (SSSR count). The number of hydrogen-bond acceptors (Lipinski definition) is 7. The average molecular weight is 439 g/mol. The van der Waals surface area contributed by atoms with Gasteiger partial charge in [0.25, 0.3) is 11.8 Å². The van der Waals surface area contributed by atoms with Crippen molar-refractivity contribution >= 4 is 34.9 Å². The molecule has 1 saturated heterocycles. The number of piperidine rings is 1. The highest BCUT2D eigenvalue weighted by molar-refractivity contribution is 7.10. The van der Waals surface area contributed by atoms with Gasteiger partial charge in [0.15, 0.2) is 17.3 Å². The van der Waals surface area contributed by atoms with Crippen LogP contribution in [0.3, 0.4) is 0 Å². The van der Waals surface area contributed by atoms with Crippen LogP contribution >= 0.6 is 11.3 Å². The predicted molar refractivity (Wildman–Crippen MR) is 114 cm³/mol. The van der Waals surface area contributed by atoms with Crippen molar-refractivity contribution in [1.29, 1.82) is 0 Å². The maximum atomic E-state index is 12.8. The summed E-state index contributed by atoms with van der Waals surface area (Å²) in [6.07, 6.45) is 5.88. The van der Waals surface area contributed by atoms with Gasteiger partial charge < -0.3 is 20.0 Å². The van der Waals surface area contributed by atoms with E-state index in [0.29, 0.717) is 32.4 Å². The van der Waals surface area contributed by atoms with E-state index in [0.717, 1.165) is 4.88 Å². The maximum Gasteiger partial charge on any atom is 0.292 e. The largest absolute Gasteiger partial charge is 0.459 e. The molecule has 3 aromatic rings. The highest BCUT2D eigenvalue weighted by Crippen LogP contribution is 2.17. The van der Waals surface area contributed by atoms with Crippen LogP contribution in [-0.4, -0.2) is 51.7 Å². The van der Waals surface area contributed by atoms with Crippen molar-refractivity contribution in [2.75, 3.05) is 18.4 Å². The molecule has 0 aliphatic carbocycles. The fraction of sp³-hybridized carbons (Fsp3) is 0.286. The zero-order valence-corrected chi connectivity index (χ0v) is 17.4. The molecule has 1 aliphatic rings. The first-order chi connectivity index (χ1) is 15.1. The molecule has 0 saturated carbocycles. The molecule has 1 aliphatic heterocycles. The molecule has 3 aromatic heterocycles. The van der Waals surface area contributed by atoms with E-state index in [1.54, 1.807) is 17.4 Å². The molecular formula is C21H21N5O4S. The lowest BCUT2D eigenvalue weighted by molar-refractivity contribution is -0.131. The first kappa shape index (κ1) is 20.7. The normalized spacial score (nSPS) is 14.3. The van der Waals surface area contributed by atoms with Crippen molar-refractivity contribution in [3.63, 3.8) is 0 Å². The lowest BCUT2D eigenvalue weighted by Gasteiger charge is -2.32. The Labute approximate surface area is 182 Å². The summed E-state index contributed by atoms with van der Waals surface area (Å²) in [5.74, 6) is -0.672. The Morgan fingerprint density at radius 2 is 1.90 bits per heavy atom. The molecule has 0 bridgehead atoms. The smallest absolute Gasteiger partial charge is 0.292 e. The summed E-state index contributed by atoms with van der Waals surface area (Å²) in [5, 5.41) is 7.45.